The second kappa shape index (κ2) is 5.16. The van der Waals surface area contributed by atoms with Crippen molar-refractivity contribution in [1.29, 1.82) is 0 Å². The number of halogens is 1. The zero-order chi connectivity index (χ0) is 12.3. The summed E-state index contributed by atoms with van der Waals surface area (Å²) in [5.74, 6) is 0.0286. The smallest absolute Gasteiger partial charge is 0.259 e. The lowest BCUT2D eigenvalue weighted by atomic mass is 10.2. The third-order valence-electron chi connectivity index (χ3n) is 2.49. The largest absolute Gasteiger partial charge is 0.364 e. The van der Waals surface area contributed by atoms with Crippen molar-refractivity contribution in [2.75, 3.05) is 12.9 Å². The Bertz CT molecular complexity index is 442. The molecule has 1 heterocycles. The van der Waals surface area contributed by atoms with E-state index in [1.54, 1.807) is 14.0 Å². The molecule has 1 aromatic heterocycles. The monoisotopic (exact) mass is 242 g/mol. The van der Waals surface area contributed by atoms with E-state index < -0.39 is 0 Å². The molecule has 0 aliphatic carbocycles. The van der Waals surface area contributed by atoms with E-state index in [9.17, 15) is 9.59 Å². The van der Waals surface area contributed by atoms with Crippen molar-refractivity contribution in [3.05, 3.63) is 33.7 Å². The van der Waals surface area contributed by atoms with Gasteiger partial charge in [-0.05, 0) is 13.8 Å². The van der Waals surface area contributed by atoms with Crippen LogP contribution in [0.15, 0.2) is 17.1 Å². The predicted octanol–water partition coefficient (Wildman–Crippen LogP) is 1.38. The summed E-state index contributed by atoms with van der Waals surface area (Å²) in [4.78, 5) is 27.8. The Hall–Kier alpha value is -1.29. The second-order valence-corrected chi connectivity index (χ2v) is 4.12. The van der Waals surface area contributed by atoms with Gasteiger partial charge in [0.2, 0.25) is 0 Å². The number of H-pyrrole nitrogens is 1. The van der Waals surface area contributed by atoms with Gasteiger partial charge >= 0.3 is 0 Å². The number of aromatic amines is 1. The fraction of sp³-hybridized carbons (Fsp3) is 0.455. The van der Waals surface area contributed by atoms with Crippen LogP contribution in [0, 0.1) is 6.92 Å². The summed E-state index contributed by atoms with van der Waals surface area (Å²) in [6.07, 6.45) is 1.44. The standard InChI is InChI=1S/C11H15ClN2O2/c1-7-4-10(15)9(6-13-7)11(16)14(3)8(2)5-12/h4,6,8H,5H2,1-3H3,(H,13,15). The molecule has 0 aliphatic rings. The summed E-state index contributed by atoms with van der Waals surface area (Å²) in [5, 5.41) is 0. The maximum absolute atomic E-state index is 11.9. The van der Waals surface area contributed by atoms with Gasteiger partial charge in [0.1, 0.15) is 5.56 Å². The highest BCUT2D eigenvalue weighted by Gasteiger charge is 2.19. The van der Waals surface area contributed by atoms with Crippen molar-refractivity contribution in [3.8, 4) is 0 Å². The fourth-order valence-corrected chi connectivity index (χ4v) is 1.44. The van der Waals surface area contributed by atoms with Gasteiger partial charge in [-0.3, -0.25) is 9.59 Å². The van der Waals surface area contributed by atoms with Crippen LogP contribution >= 0.6 is 11.6 Å². The fourth-order valence-electron chi connectivity index (χ4n) is 1.23. The average Bonchev–Trinajstić information content (AvgIpc) is 2.26. The first-order chi connectivity index (χ1) is 7.47. The molecule has 88 valence electrons. The maximum atomic E-state index is 11.9. The third-order valence-corrected chi connectivity index (χ3v) is 2.94. The molecule has 0 aliphatic heterocycles. The van der Waals surface area contributed by atoms with Gasteiger partial charge in [0.15, 0.2) is 5.43 Å². The lowest BCUT2D eigenvalue weighted by Gasteiger charge is -2.22. The van der Waals surface area contributed by atoms with Crippen LogP contribution in [-0.2, 0) is 0 Å². The molecule has 1 amide bonds. The van der Waals surface area contributed by atoms with Gasteiger partial charge in [-0.15, -0.1) is 11.6 Å². The average molecular weight is 243 g/mol. The van der Waals surface area contributed by atoms with Crippen LogP contribution in [-0.4, -0.2) is 34.8 Å². The zero-order valence-electron chi connectivity index (χ0n) is 9.58. The minimum atomic E-state index is -0.311. The number of pyridine rings is 1. The van der Waals surface area contributed by atoms with Crippen molar-refractivity contribution in [2.45, 2.75) is 19.9 Å². The summed E-state index contributed by atoms with van der Waals surface area (Å²) < 4.78 is 0. The van der Waals surface area contributed by atoms with E-state index in [1.165, 1.54) is 17.2 Å². The SMILES string of the molecule is Cc1cc(=O)c(C(=O)N(C)C(C)CCl)c[nH]1. The molecule has 0 saturated heterocycles. The lowest BCUT2D eigenvalue weighted by Crippen LogP contribution is -2.38. The van der Waals surface area contributed by atoms with Crippen molar-refractivity contribution in [2.24, 2.45) is 0 Å². The molecular formula is C11H15ClN2O2. The van der Waals surface area contributed by atoms with E-state index in [-0.39, 0.29) is 22.9 Å². The van der Waals surface area contributed by atoms with Gasteiger partial charge in [-0.1, -0.05) is 0 Å². The molecular weight excluding hydrogens is 228 g/mol. The Morgan fingerprint density at radius 3 is 2.75 bits per heavy atom. The van der Waals surface area contributed by atoms with Gasteiger partial charge in [0.05, 0.1) is 0 Å². The molecule has 0 saturated carbocycles. The summed E-state index contributed by atoms with van der Waals surface area (Å²) in [6.45, 7) is 3.59. The molecule has 1 atom stereocenters. The zero-order valence-corrected chi connectivity index (χ0v) is 10.3. The van der Waals surface area contributed by atoms with Gasteiger partial charge in [-0.2, -0.15) is 0 Å². The highest BCUT2D eigenvalue weighted by molar-refractivity contribution is 6.18. The van der Waals surface area contributed by atoms with Crippen LogP contribution in [0.5, 0.6) is 0 Å². The van der Waals surface area contributed by atoms with E-state index in [1.807, 2.05) is 6.92 Å². The minimum Gasteiger partial charge on any atom is -0.364 e. The Balaban J connectivity index is 3.01. The van der Waals surface area contributed by atoms with Crippen molar-refractivity contribution < 1.29 is 4.79 Å². The topological polar surface area (TPSA) is 53.2 Å². The maximum Gasteiger partial charge on any atom is 0.259 e. The quantitative estimate of drug-likeness (QED) is 0.815. The number of rotatable bonds is 3. The normalized spacial score (nSPS) is 12.2. The molecule has 0 fully saturated rings. The first-order valence-corrected chi connectivity index (χ1v) is 5.53. The molecule has 16 heavy (non-hydrogen) atoms. The molecule has 0 spiro atoms. The van der Waals surface area contributed by atoms with Crippen LogP contribution in [0.1, 0.15) is 23.0 Å². The molecule has 1 N–H and O–H groups in total. The van der Waals surface area contributed by atoms with Gasteiger partial charge in [0.25, 0.3) is 5.91 Å². The van der Waals surface area contributed by atoms with E-state index in [0.29, 0.717) is 5.88 Å². The van der Waals surface area contributed by atoms with Crippen LogP contribution in [0.25, 0.3) is 0 Å². The number of amides is 1. The summed E-state index contributed by atoms with van der Waals surface area (Å²) in [7, 11) is 1.63. The molecule has 1 aromatic rings. The molecule has 5 heteroatoms. The number of nitrogens with zero attached hydrogens (tertiary/aromatic N) is 1. The van der Waals surface area contributed by atoms with Crippen LogP contribution < -0.4 is 5.43 Å². The van der Waals surface area contributed by atoms with Crippen molar-refractivity contribution in [1.82, 2.24) is 9.88 Å². The first kappa shape index (κ1) is 12.8. The molecule has 4 nitrogen and oxygen atoms in total. The number of nitrogens with one attached hydrogen (secondary N) is 1. The summed E-state index contributed by atoms with van der Waals surface area (Å²) in [6, 6.07) is 1.31. The Labute approximate surface area is 99.2 Å². The van der Waals surface area contributed by atoms with Crippen LogP contribution in [0.2, 0.25) is 0 Å². The Morgan fingerprint density at radius 2 is 2.25 bits per heavy atom. The predicted molar refractivity (Wildman–Crippen MR) is 64.1 cm³/mol. The summed E-state index contributed by atoms with van der Waals surface area (Å²) >= 11 is 5.66. The van der Waals surface area contributed by atoms with Crippen molar-refractivity contribution >= 4 is 17.5 Å². The van der Waals surface area contributed by atoms with Gasteiger partial charge in [-0.25, -0.2) is 0 Å². The molecule has 1 unspecified atom stereocenters. The third kappa shape index (κ3) is 2.64. The van der Waals surface area contributed by atoms with Crippen LogP contribution in [0.3, 0.4) is 0 Å². The molecule has 0 radical (unpaired) electrons. The number of aromatic nitrogens is 1. The second-order valence-electron chi connectivity index (χ2n) is 3.81. The number of carbonyl (C=O) groups is 1. The number of carbonyl (C=O) groups excluding carboxylic acids is 1. The number of hydrogen-bond donors (Lipinski definition) is 1. The molecule has 0 bridgehead atoms. The van der Waals surface area contributed by atoms with E-state index in [0.717, 1.165) is 5.69 Å². The van der Waals surface area contributed by atoms with Crippen molar-refractivity contribution in [3.63, 3.8) is 0 Å². The van der Waals surface area contributed by atoms with Gasteiger partial charge < -0.3 is 9.88 Å². The Morgan fingerprint density at radius 1 is 1.62 bits per heavy atom. The highest BCUT2D eigenvalue weighted by atomic mass is 35.5. The summed E-state index contributed by atoms with van der Waals surface area (Å²) in [5.41, 5.74) is 0.606. The number of alkyl halides is 1. The lowest BCUT2D eigenvalue weighted by molar-refractivity contribution is 0.0755. The number of hydrogen-bond acceptors (Lipinski definition) is 2. The van der Waals surface area contributed by atoms with Crippen LogP contribution in [0.4, 0.5) is 0 Å². The highest BCUT2D eigenvalue weighted by Crippen LogP contribution is 2.04. The molecule has 0 aromatic carbocycles. The molecule has 1 rings (SSSR count). The minimum absolute atomic E-state index is 0.102. The van der Waals surface area contributed by atoms with E-state index >= 15 is 0 Å². The number of aryl methyl sites for hydroxylation is 1. The Kier molecular flexibility index (Phi) is 4.12. The van der Waals surface area contributed by atoms with E-state index in [4.69, 9.17) is 11.6 Å². The van der Waals surface area contributed by atoms with Gasteiger partial charge in [0, 0.05) is 36.9 Å². The van der Waals surface area contributed by atoms with E-state index in [2.05, 4.69) is 4.98 Å². The first-order valence-electron chi connectivity index (χ1n) is 4.99.